The largest absolute Gasteiger partial charge is 0.311 e. The summed E-state index contributed by atoms with van der Waals surface area (Å²) in [4.78, 5) is 5.28. The zero-order valence-electron chi connectivity index (χ0n) is 12.5. The molecule has 5 nitrogen and oxygen atoms in total. The minimum absolute atomic E-state index is 0.0103. The Balaban J connectivity index is 1.62. The molecule has 0 amide bonds. The van der Waals surface area contributed by atoms with Crippen LogP contribution in [0, 0.1) is 10.8 Å². The van der Waals surface area contributed by atoms with Crippen molar-refractivity contribution >= 4 is 39.9 Å². The third-order valence-electron chi connectivity index (χ3n) is 3.18. The second kappa shape index (κ2) is 7.25. The molecule has 0 bridgehead atoms. The first-order valence-electron chi connectivity index (χ1n) is 7.10. The molecule has 3 rings (SSSR count). The number of rotatable bonds is 3. The summed E-state index contributed by atoms with van der Waals surface area (Å²) >= 11 is 7.28. The number of amidine groups is 1. The van der Waals surface area contributed by atoms with Gasteiger partial charge >= 0.3 is 0 Å². The van der Waals surface area contributed by atoms with Gasteiger partial charge in [-0.15, -0.1) is 0 Å². The second-order valence-electron chi connectivity index (χ2n) is 4.90. The second-order valence-corrected chi connectivity index (χ2v) is 6.37. The van der Waals surface area contributed by atoms with E-state index >= 15 is 0 Å². The summed E-state index contributed by atoms with van der Waals surface area (Å²) in [5.41, 5.74) is 1.73. The van der Waals surface area contributed by atoms with Crippen molar-refractivity contribution in [1.29, 1.82) is 10.8 Å². The number of thiazole rings is 1. The Hall–Kier alpha value is -2.70. The molecule has 0 aliphatic heterocycles. The monoisotopic (exact) mass is 355 g/mol. The van der Waals surface area contributed by atoms with E-state index < -0.39 is 0 Å². The van der Waals surface area contributed by atoms with Crippen molar-refractivity contribution in [2.45, 2.75) is 0 Å². The number of guanidine groups is 1. The number of halogens is 1. The van der Waals surface area contributed by atoms with Crippen molar-refractivity contribution in [3.05, 3.63) is 71.4 Å². The fourth-order valence-corrected chi connectivity index (χ4v) is 2.97. The number of hydrogen-bond donors (Lipinski definition) is 4. The molecule has 1 heterocycles. The van der Waals surface area contributed by atoms with Gasteiger partial charge in [-0.25, -0.2) is 4.98 Å². The molecule has 0 saturated carbocycles. The smallest absolute Gasteiger partial charge is 0.200 e. The molecule has 0 fully saturated rings. The maximum atomic E-state index is 7.98. The molecular formula is C17H14ClN5S. The molecule has 4 N–H and O–H groups in total. The Morgan fingerprint density at radius 1 is 1.00 bits per heavy atom. The van der Waals surface area contributed by atoms with Crippen molar-refractivity contribution in [2.75, 3.05) is 5.32 Å². The molecule has 3 aromatic rings. The number of benzene rings is 2. The van der Waals surface area contributed by atoms with Gasteiger partial charge in [0.05, 0.1) is 4.88 Å². The van der Waals surface area contributed by atoms with Crippen LogP contribution in [0.2, 0.25) is 5.02 Å². The van der Waals surface area contributed by atoms with Crippen LogP contribution in [0.4, 0.5) is 5.13 Å². The van der Waals surface area contributed by atoms with Crippen LogP contribution in [0.25, 0.3) is 10.4 Å². The lowest BCUT2D eigenvalue weighted by Crippen LogP contribution is -2.35. The van der Waals surface area contributed by atoms with Crippen LogP contribution in [-0.4, -0.2) is 16.8 Å². The molecule has 0 saturated heterocycles. The van der Waals surface area contributed by atoms with E-state index in [-0.39, 0.29) is 11.8 Å². The SMILES string of the molecule is N=C(NC(=N)c1ccc(Cl)cc1)Nc1ncc(-c2ccccc2)s1. The zero-order valence-corrected chi connectivity index (χ0v) is 14.1. The molecule has 24 heavy (non-hydrogen) atoms. The first kappa shape index (κ1) is 16.2. The predicted molar refractivity (Wildman–Crippen MR) is 100 cm³/mol. The molecule has 0 spiro atoms. The van der Waals surface area contributed by atoms with E-state index in [4.69, 9.17) is 22.4 Å². The van der Waals surface area contributed by atoms with E-state index in [1.165, 1.54) is 11.3 Å². The van der Waals surface area contributed by atoms with Gasteiger partial charge in [-0.3, -0.25) is 10.8 Å². The van der Waals surface area contributed by atoms with E-state index in [1.54, 1.807) is 30.5 Å². The average Bonchev–Trinajstić information content (AvgIpc) is 3.04. The molecule has 0 atom stereocenters. The van der Waals surface area contributed by atoms with Crippen molar-refractivity contribution in [2.24, 2.45) is 0 Å². The van der Waals surface area contributed by atoms with Gasteiger partial charge in [0.15, 0.2) is 11.1 Å². The lowest BCUT2D eigenvalue weighted by atomic mass is 10.2. The van der Waals surface area contributed by atoms with E-state index in [1.807, 2.05) is 30.3 Å². The van der Waals surface area contributed by atoms with Gasteiger partial charge in [-0.05, 0) is 29.8 Å². The minimum atomic E-state index is -0.0103. The van der Waals surface area contributed by atoms with Crippen molar-refractivity contribution in [1.82, 2.24) is 10.3 Å². The third kappa shape index (κ3) is 3.98. The van der Waals surface area contributed by atoms with Gasteiger partial charge < -0.3 is 10.6 Å². The van der Waals surface area contributed by atoms with Gasteiger partial charge in [0.1, 0.15) is 5.84 Å². The Kier molecular flexibility index (Phi) is 4.88. The summed E-state index contributed by atoms with van der Waals surface area (Å²) in [5, 5.41) is 22.7. The standard InChI is InChI=1S/C17H14ClN5S/c18-13-8-6-12(7-9-13)15(19)22-16(20)23-17-21-10-14(24-17)11-4-2-1-3-5-11/h1-10H,(H4,19,20,21,22,23). The molecule has 0 radical (unpaired) electrons. The van der Waals surface area contributed by atoms with Gasteiger partial charge in [0.25, 0.3) is 0 Å². The van der Waals surface area contributed by atoms with Crippen LogP contribution < -0.4 is 10.6 Å². The van der Waals surface area contributed by atoms with Crippen LogP contribution in [0.1, 0.15) is 5.56 Å². The number of aromatic nitrogens is 1. The number of hydrogen-bond acceptors (Lipinski definition) is 4. The maximum Gasteiger partial charge on any atom is 0.200 e. The molecule has 1 aromatic heterocycles. The normalized spacial score (nSPS) is 10.2. The lowest BCUT2D eigenvalue weighted by molar-refractivity contribution is 1.22. The van der Waals surface area contributed by atoms with Gasteiger partial charge in [0.2, 0.25) is 0 Å². The van der Waals surface area contributed by atoms with Gasteiger partial charge in [0, 0.05) is 16.8 Å². The molecule has 0 aliphatic carbocycles. The van der Waals surface area contributed by atoms with Crippen molar-refractivity contribution < 1.29 is 0 Å². The van der Waals surface area contributed by atoms with Crippen LogP contribution >= 0.6 is 22.9 Å². The van der Waals surface area contributed by atoms with Gasteiger partial charge in [-0.2, -0.15) is 0 Å². The predicted octanol–water partition coefficient (Wildman–Crippen LogP) is 4.43. The fourth-order valence-electron chi connectivity index (χ4n) is 2.02. The highest BCUT2D eigenvalue weighted by Crippen LogP contribution is 2.28. The Morgan fingerprint density at radius 2 is 1.71 bits per heavy atom. The summed E-state index contributed by atoms with van der Waals surface area (Å²) in [5.74, 6) is 0.105. The number of anilines is 1. The maximum absolute atomic E-state index is 7.98. The Morgan fingerprint density at radius 3 is 2.42 bits per heavy atom. The van der Waals surface area contributed by atoms with E-state index in [0.29, 0.717) is 15.7 Å². The fraction of sp³-hybridized carbons (Fsp3) is 0. The molecule has 0 aliphatic rings. The number of nitrogens with zero attached hydrogens (tertiary/aromatic N) is 1. The zero-order chi connectivity index (χ0) is 16.9. The highest BCUT2D eigenvalue weighted by Gasteiger charge is 2.08. The van der Waals surface area contributed by atoms with Crippen LogP contribution in [0.5, 0.6) is 0 Å². The third-order valence-corrected chi connectivity index (χ3v) is 4.39. The van der Waals surface area contributed by atoms with Crippen molar-refractivity contribution in [3.8, 4) is 10.4 Å². The average molecular weight is 356 g/mol. The van der Waals surface area contributed by atoms with Crippen LogP contribution in [0.15, 0.2) is 60.8 Å². The molecule has 7 heteroatoms. The molecule has 0 unspecified atom stereocenters. The minimum Gasteiger partial charge on any atom is -0.311 e. The first-order valence-corrected chi connectivity index (χ1v) is 8.29. The topological polar surface area (TPSA) is 84.7 Å². The first-order chi connectivity index (χ1) is 11.6. The van der Waals surface area contributed by atoms with Gasteiger partial charge in [-0.1, -0.05) is 53.3 Å². The Bertz CT molecular complexity index is 858. The summed E-state index contributed by atoms with van der Waals surface area (Å²) in [6, 6.07) is 16.8. The summed E-state index contributed by atoms with van der Waals surface area (Å²) < 4.78 is 0. The molecule has 2 aromatic carbocycles. The highest BCUT2D eigenvalue weighted by molar-refractivity contribution is 7.19. The summed E-state index contributed by atoms with van der Waals surface area (Å²) in [6.45, 7) is 0. The molecular weight excluding hydrogens is 342 g/mol. The summed E-state index contributed by atoms with van der Waals surface area (Å²) in [6.07, 6.45) is 1.76. The quantitative estimate of drug-likeness (QED) is 0.414. The lowest BCUT2D eigenvalue weighted by Gasteiger charge is -2.09. The summed E-state index contributed by atoms with van der Waals surface area (Å²) in [7, 11) is 0. The van der Waals surface area contributed by atoms with Crippen molar-refractivity contribution in [3.63, 3.8) is 0 Å². The van der Waals surface area contributed by atoms with E-state index in [0.717, 1.165) is 10.4 Å². The van der Waals surface area contributed by atoms with Crippen LogP contribution in [-0.2, 0) is 0 Å². The van der Waals surface area contributed by atoms with Crippen LogP contribution in [0.3, 0.4) is 0 Å². The molecule has 120 valence electrons. The highest BCUT2D eigenvalue weighted by atomic mass is 35.5. The van der Waals surface area contributed by atoms with E-state index in [2.05, 4.69) is 15.6 Å². The number of nitrogens with one attached hydrogen (secondary N) is 4. The van der Waals surface area contributed by atoms with E-state index in [9.17, 15) is 0 Å². The Labute approximate surface area is 148 Å².